The molecule has 84 valence electrons. The first-order valence-electron chi connectivity index (χ1n) is 4.28. The molecule has 1 aromatic heterocycles. The molecule has 6 heteroatoms. The molecule has 0 aliphatic carbocycles. The van der Waals surface area contributed by atoms with E-state index in [9.17, 15) is 4.79 Å². The number of halogens is 2. The SMILES string of the molecule is COCC(Br)CNC(=O)c1csc(Br)c1. The largest absolute Gasteiger partial charge is 0.383 e. The summed E-state index contributed by atoms with van der Waals surface area (Å²) in [5.41, 5.74) is 0.684. The van der Waals surface area contributed by atoms with Gasteiger partial charge in [-0.25, -0.2) is 0 Å². The van der Waals surface area contributed by atoms with Gasteiger partial charge in [-0.3, -0.25) is 4.79 Å². The van der Waals surface area contributed by atoms with E-state index < -0.39 is 0 Å². The van der Waals surface area contributed by atoms with Gasteiger partial charge in [0, 0.05) is 19.0 Å². The van der Waals surface area contributed by atoms with Gasteiger partial charge in [-0.2, -0.15) is 0 Å². The molecule has 1 unspecified atom stereocenters. The van der Waals surface area contributed by atoms with E-state index in [4.69, 9.17) is 4.74 Å². The topological polar surface area (TPSA) is 38.3 Å². The van der Waals surface area contributed by atoms with E-state index >= 15 is 0 Å². The molecule has 0 bridgehead atoms. The lowest BCUT2D eigenvalue weighted by atomic mass is 10.3. The predicted octanol–water partition coefficient (Wildman–Crippen LogP) is 2.65. The van der Waals surface area contributed by atoms with Crippen LogP contribution in [0, 0.1) is 0 Å². The van der Waals surface area contributed by atoms with Gasteiger partial charge in [-0.15, -0.1) is 11.3 Å². The van der Waals surface area contributed by atoms with E-state index in [1.165, 1.54) is 11.3 Å². The van der Waals surface area contributed by atoms with Crippen LogP contribution in [0.15, 0.2) is 15.2 Å². The van der Waals surface area contributed by atoms with Crippen molar-refractivity contribution in [3.63, 3.8) is 0 Å². The van der Waals surface area contributed by atoms with Crippen molar-refractivity contribution in [2.24, 2.45) is 0 Å². The Kier molecular flexibility index (Phi) is 5.81. The average molecular weight is 357 g/mol. The van der Waals surface area contributed by atoms with Crippen molar-refractivity contribution in [1.29, 1.82) is 0 Å². The second kappa shape index (κ2) is 6.62. The number of ether oxygens (including phenoxy) is 1. The van der Waals surface area contributed by atoms with Crippen LogP contribution in [0.25, 0.3) is 0 Å². The molecule has 15 heavy (non-hydrogen) atoms. The summed E-state index contributed by atoms with van der Waals surface area (Å²) in [4.78, 5) is 11.7. The van der Waals surface area contributed by atoms with Gasteiger partial charge in [0.15, 0.2) is 0 Å². The number of rotatable bonds is 5. The number of nitrogens with one attached hydrogen (secondary N) is 1. The molecule has 0 radical (unpaired) electrons. The quantitative estimate of drug-likeness (QED) is 0.823. The van der Waals surface area contributed by atoms with E-state index in [1.54, 1.807) is 13.2 Å². The highest BCUT2D eigenvalue weighted by Crippen LogP contribution is 2.20. The van der Waals surface area contributed by atoms with Gasteiger partial charge in [0.1, 0.15) is 0 Å². The van der Waals surface area contributed by atoms with Crippen LogP contribution in [0.3, 0.4) is 0 Å². The first-order valence-corrected chi connectivity index (χ1v) is 6.87. The summed E-state index contributed by atoms with van der Waals surface area (Å²) in [7, 11) is 1.63. The summed E-state index contributed by atoms with van der Waals surface area (Å²) in [6.45, 7) is 1.13. The zero-order valence-corrected chi connectivity index (χ0v) is 12.1. The summed E-state index contributed by atoms with van der Waals surface area (Å²) < 4.78 is 5.90. The maximum absolute atomic E-state index is 11.6. The summed E-state index contributed by atoms with van der Waals surface area (Å²) in [5, 5.41) is 4.64. The minimum absolute atomic E-state index is 0.0579. The Labute approximate surface area is 109 Å². The van der Waals surface area contributed by atoms with Gasteiger partial charge in [-0.1, -0.05) is 15.9 Å². The Morgan fingerprint density at radius 1 is 1.73 bits per heavy atom. The molecule has 1 atom stereocenters. The third kappa shape index (κ3) is 4.63. The molecular weight excluding hydrogens is 346 g/mol. The average Bonchev–Trinajstić information content (AvgIpc) is 2.62. The second-order valence-corrected chi connectivity index (χ2v) is 6.49. The highest BCUT2D eigenvalue weighted by Gasteiger charge is 2.09. The Morgan fingerprint density at radius 3 is 3.00 bits per heavy atom. The van der Waals surface area contributed by atoms with Crippen molar-refractivity contribution in [3.05, 3.63) is 20.8 Å². The molecule has 3 nitrogen and oxygen atoms in total. The molecule has 1 aromatic rings. The minimum atomic E-state index is -0.0579. The second-order valence-electron chi connectivity index (χ2n) is 2.90. The fourth-order valence-corrected chi connectivity index (χ4v) is 2.54. The summed E-state index contributed by atoms with van der Waals surface area (Å²) >= 11 is 8.21. The Hall–Kier alpha value is 0.0900. The molecule has 1 rings (SSSR count). The third-order valence-corrected chi connectivity index (χ3v) is 3.75. The lowest BCUT2D eigenvalue weighted by Crippen LogP contribution is -2.31. The standard InChI is InChI=1S/C9H11Br2NO2S/c1-14-4-7(10)3-12-9(13)6-2-8(11)15-5-6/h2,5,7H,3-4H2,1H3,(H,12,13). The molecular formula is C9H11Br2NO2S. The van der Waals surface area contributed by atoms with Crippen LogP contribution in [0.5, 0.6) is 0 Å². The summed E-state index contributed by atoms with van der Waals surface area (Å²) in [6.07, 6.45) is 0. The van der Waals surface area contributed by atoms with Crippen LogP contribution in [-0.4, -0.2) is 31.0 Å². The van der Waals surface area contributed by atoms with E-state index in [0.29, 0.717) is 18.7 Å². The highest BCUT2D eigenvalue weighted by molar-refractivity contribution is 9.11. The first kappa shape index (κ1) is 13.2. The first-order chi connectivity index (χ1) is 7.13. The lowest BCUT2D eigenvalue weighted by Gasteiger charge is -2.09. The smallest absolute Gasteiger partial charge is 0.252 e. The maximum Gasteiger partial charge on any atom is 0.252 e. The van der Waals surface area contributed by atoms with Crippen LogP contribution in [0.2, 0.25) is 0 Å². The molecule has 0 aliphatic rings. The Bertz CT molecular complexity index is 330. The van der Waals surface area contributed by atoms with Crippen LogP contribution < -0.4 is 5.32 Å². The molecule has 0 aliphatic heterocycles. The number of hydrogen-bond acceptors (Lipinski definition) is 3. The lowest BCUT2D eigenvalue weighted by molar-refractivity contribution is 0.0950. The number of amides is 1. The van der Waals surface area contributed by atoms with Crippen molar-refractivity contribution in [1.82, 2.24) is 5.32 Å². The van der Waals surface area contributed by atoms with Crippen LogP contribution >= 0.6 is 43.2 Å². The number of thiophene rings is 1. The zero-order valence-electron chi connectivity index (χ0n) is 8.13. The summed E-state index contributed by atoms with van der Waals surface area (Å²) in [5.74, 6) is -0.0579. The van der Waals surface area contributed by atoms with Gasteiger partial charge in [-0.05, 0) is 22.0 Å². The normalized spacial score (nSPS) is 12.5. The molecule has 1 amide bonds. The van der Waals surface area contributed by atoms with Crippen LogP contribution in [0.1, 0.15) is 10.4 Å². The van der Waals surface area contributed by atoms with Gasteiger partial charge in [0.2, 0.25) is 0 Å². The Morgan fingerprint density at radius 2 is 2.47 bits per heavy atom. The van der Waals surface area contributed by atoms with Gasteiger partial charge < -0.3 is 10.1 Å². The monoisotopic (exact) mass is 355 g/mol. The predicted molar refractivity (Wildman–Crippen MR) is 68.9 cm³/mol. The molecule has 0 spiro atoms. The van der Waals surface area contributed by atoms with Gasteiger partial charge in [0.05, 0.1) is 20.8 Å². The summed E-state index contributed by atoms with van der Waals surface area (Å²) in [6, 6.07) is 1.81. The number of hydrogen-bond donors (Lipinski definition) is 1. The van der Waals surface area contributed by atoms with Crippen LogP contribution in [-0.2, 0) is 4.74 Å². The van der Waals surface area contributed by atoms with E-state index in [-0.39, 0.29) is 10.7 Å². The molecule has 1 N–H and O–H groups in total. The number of methoxy groups -OCH3 is 1. The van der Waals surface area contributed by atoms with Crippen molar-refractivity contribution in [3.8, 4) is 0 Å². The number of alkyl halides is 1. The van der Waals surface area contributed by atoms with Crippen molar-refractivity contribution >= 4 is 49.1 Å². The minimum Gasteiger partial charge on any atom is -0.383 e. The molecule has 0 fully saturated rings. The molecule has 0 saturated carbocycles. The fraction of sp³-hybridized carbons (Fsp3) is 0.444. The van der Waals surface area contributed by atoms with Gasteiger partial charge in [0.25, 0.3) is 5.91 Å². The molecule has 0 saturated heterocycles. The van der Waals surface area contributed by atoms with Crippen molar-refractivity contribution in [2.75, 3.05) is 20.3 Å². The maximum atomic E-state index is 11.6. The number of carbonyl (C=O) groups excluding carboxylic acids is 1. The van der Waals surface area contributed by atoms with Crippen LogP contribution in [0.4, 0.5) is 0 Å². The van der Waals surface area contributed by atoms with E-state index in [2.05, 4.69) is 37.2 Å². The molecule has 1 heterocycles. The van der Waals surface area contributed by atoms with Crippen molar-refractivity contribution in [2.45, 2.75) is 4.83 Å². The van der Waals surface area contributed by atoms with Crippen molar-refractivity contribution < 1.29 is 9.53 Å². The Balaban J connectivity index is 2.36. The van der Waals surface area contributed by atoms with E-state index in [0.717, 1.165) is 3.79 Å². The third-order valence-electron chi connectivity index (χ3n) is 1.66. The fourth-order valence-electron chi connectivity index (χ4n) is 0.974. The zero-order chi connectivity index (χ0) is 11.3. The highest BCUT2D eigenvalue weighted by atomic mass is 79.9. The molecule has 0 aromatic carbocycles. The number of carbonyl (C=O) groups is 1. The van der Waals surface area contributed by atoms with E-state index in [1.807, 2.05) is 5.38 Å². The van der Waals surface area contributed by atoms with Gasteiger partial charge >= 0.3 is 0 Å².